The highest BCUT2D eigenvalue weighted by Gasteiger charge is 2.19. The molecule has 4 aromatic rings. The molecule has 0 saturated carbocycles. The number of ether oxygens (including phenoxy) is 4. The SMILES string of the molecule is CC(C)(C)OC(=O)NNc1ccc(C(=O)NCCCN(CCCCN(CCCNC(=O)OCc2ccccc2)C(=O)OCc2ccccc2)C(=O)OCc2ccccc2)cn1. The number of anilines is 1. The lowest BCUT2D eigenvalue weighted by Crippen LogP contribution is -2.37. The fourth-order valence-corrected chi connectivity index (χ4v) is 5.64. The van der Waals surface area contributed by atoms with Gasteiger partial charge in [0.2, 0.25) is 0 Å². The summed E-state index contributed by atoms with van der Waals surface area (Å²) in [5.74, 6) is -0.0381. The number of aromatic nitrogens is 1. The Kier molecular flexibility index (Phi) is 19.7. The van der Waals surface area contributed by atoms with Crippen molar-refractivity contribution in [1.82, 2.24) is 30.8 Å². The van der Waals surface area contributed by atoms with Gasteiger partial charge in [-0.3, -0.25) is 10.2 Å². The van der Waals surface area contributed by atoms with Gasteiger partial charge in [-0.05, 0) is 75.3 Å². The van der Waals surface area contributed by atoms with Crippen LogP contribution in [0.15, 0.2) is 109 Å². The molecule has 0 radical (unpaired) electrons. The van der Waals surface area contributed by atoms with Crippen LogP contribution in [-0.4, -0.2) is 89.9 Å². The fraction of sp³-hybridized carbons (Fsp3) is 0.378. The van der Waals surface area contributed by atoms with Crippen molar-refractivity contribution in [2.75, 3.05) is 44.7 Å². The van der Waals surface area contributed by atoms with Crippen molar-refractivity contribution in [1.29, 1.82) is 0 Å². The highest BCUT2D eigenvalue weighted by atomic mass is 16.6. The average Bonchev–Trinajstić information content (AvgIpc) is 3.26. The highest BCUT2D eigenvalue weighted by Crippen LogP contribution is 2.11. The lowest BCUT2D eigenvalue weighted by molar-refractivity contribution is 0.0540. The Balaban J connectivity index is 1.26. The Morgan fingerprint density at radius 3 is 1.48 bits per heavy atom. The van der Waals surface area contributed by atoms with Crippen molar-refractivity contribution in [2.24, 2.45) is 0 Å². The van der Waals surface area contributed by atoms with Crippen LogP contribution >= 0.6 is 0 Å². The van der Waals surface area contributed by atoms with Gasteiger partial charge in [0.25, 0.3) is 5.91 Å². The van der Waals surface area contributed by atoms with Gasteiger partial charge in [-0.1, -0.05) is 91.0 Å². The van der Waals surface area contributed by atoms with Crippen molar-refractivity contribution in [3.63, 3.8) is 0 Å². The minimum atomic E-state index is -0.671. The first-order valence-electron chi connectivity index (χ1n) is 20.3. The molecule has 0 aliphatic heterocycles. The van der Waals surface area contributed by atoms with E-state index < -0.39 is 30.0 Å². The Hall–Kier alpha value is -6.84. The van der Waals surface area contributed by atoms with Crippen LogP contribution in [0.1, 0.15) is 73.5 Å². The number of unbranched alkanes of at least 4 members (excludes halogenated alkanes) is 1. The largest absolute Gasteiger partial charge is 0.445 e. The first kappa shape index (κ1) is 46.8. The van der Waals surface area contributed by atoms with Crippen molar-refractivity contribution >= 4 is 36.1 Å². The molecule has 0 spiro atoms. The number of hydrazine groups is 1. The van der Waals surface area contributed by atoms with Crippen LogP contribution in [0.25, 0.3) is 0 Å². The number of nitrogens with zero attached hydrogens (tertiary/aromatic N) is 3. The predicted molar refractivity (Wildman–Crippen MR) is 229 cm³/mol. The second kappa shape index (κ2) is 25.6. The number of hydrogen-bond donors (Lipinski definition) is 4. The number of pyridine rings is 1. The van der Waals surface area contributed by atoms with Gasteiger partial charge in [0.15, 0.2) is 0 Å². The van der Waals surface area contributed by atoms with Crippen molar-refractivity contribution in [2.45, 2.75) is 71.9 Å². The maximum atomic E-state index is 13.3. The quantitative estimate of drug-likeness (QED) is 0.0350. The average molecular weight is 840 g/mol. The normalized spacial score (nSPS) is 10.7. The summed E-state index contributed by atoms with van der Waals surface area (Å²) in [6.07, 6.45) is 1.19. The van der Waals surface area contributed by atoms with Crippen LogP contribution in [0.4, 0.5) is 25.0 Å². The molecule has 61 heavy (non-hydrogen) atoms. The summed E-state index contributed by atoms with van der Waals surface area (Å²) in [5, 5.41) is 5.58. The summed E-state index contributed by atoms with van der Waals surface area (Å²) in [4.78, 5) is 70.9. The number of hydrogen-bond acceptors (Lipinski definition) is 11. The van der Waals surface area contributed by atoms with E-state index in [1.165, 1.54) is 6.20 Å². The Labute approximate surface area is 357 Å². The Morgan fingerprint density at radius 2 is 1.02 bits per heavy atom. The summed E-state index contributed by atoms with van der Waals surface area (Å²) in [6, 6.07) is 31.2. The second-order valence-electron chi connectivity index (χ2n) is 14.9. The van der Waals surface area contributed by atoms with Gasteiger partial charge >= 0.3 is 24.4 Å². The van der Waals surface area contributed by atoms with E-state index in [4.69, 9.17) is 18.9 Å². The molecular weight excluding hydrogens is 783 g/mol. The number of carbonyl (C=O) groups is 5. The van der Waals surface area contributed by atoms with Gasteiger partial charge in [0, 0.05) is 45.5 Å². The van der Waals surface area contributed by atoms with Gasteiger partial charge < -0.3 is 39.4 Å². The van der Waals surface area contributed by atoms with Crippen molar-refractivity contribution in [3.8, 4) is 0 Å². The topological polar surface area (TPSA) is 190 Å². The lowest BCUT2D eigenvalue weighted by Gasteiger charge is -2.25. The molecule has 0 aliphatic carbocycles. The van der Waals surface area contributed by atoms with Gasteiger partial charge in [-0.15, -0.1) is 0 Å². The highest BCUT2D eigenvalue weighted by molar-refractivity contribution is 5.94. The maximum Gasteiger partial charge on any atom is 0.426 e. The van der Waals surface area contributed by atoms with Crippen molar-refractivity contribution < 1.29 is 42.9 Å². The van der Waals surface area contributed by atoms with Crippen LogP contribution in [0.3, 0.4) is 0 Å². The Morgan fingerprint density at radius 1 is 0.557 bits per heavy atom. The number of amides is 5. The first-order chi connectivity index (χ1) is 29.4. The number of carbonyl (C=O) groups excluding carboxylic acids is 5. The molecule has 0 atom stereocenters. The zero-order valence-electron chi connectivity index (χ0n) is 35.1. The number of rotatable bonds is 22. The molecule has 0 saturated heterocycles. The third-order valence-corrected chi connectivity index (χ3v) is 8.73. The van der Waals surface area contributed by atoms with E-state index in [-0.39, 0.29) is 32.3 Å². The monoisotopic (exact) mass is 839 g/mol. The summed E-state index contributed by atoms with van der Waals surface area (Å²) >= 11 is 0. The predicted octanol–water partition coefficient (Wildman–Crippen LogP) is 7.43. The van der Waals surface area contributed by atoms with E-state index in [2.05, 4.69) is 26.5 Å². The summed E-state index contributed by atoms with van der Waals surface area (Å²) in [5.41, 5.74) is 7.26. The summed E-state index contributed by atoms with van der Waals surface area (Å²) < 4.78 is 21.7. The van der Waals surface area contributed by atoms with Crippen LogP contribution in [0, 0.1) is 0 Å². The third-order valence-electron chi connectivity index (χ3n) is 8.73. The molecule has 0 fully saturated rings. The zero-order chi connectivity index (χ0) is 43.7. The summed E-state index contributed by atoms with van der Waals surface area (Å²) in [6.45, 7) is 7.52. The minimum Gasteiger partial charge on any atom is -0.445 e. The molecule has 326 valence electrons. The van der Waals surface area contributed by atoms with Gasteiger partial charge in [-0.2, -0.15) is 0 Å². The number of nitrogens with one attached hydrogen (secondary N) is 4. The lowest BCUT2D eigenvalue weighted by atomic mass is 10.2. The van der Waals surface area contributed by atoms with Gasteiger partial charge in [0.05, 0.1) is 5.56 Å². The molecule has 16 heteroatoms. The molecule has 0 bridgehead atoms. The van der Waals surface area contributed by atoms with Gasteiger partial charge in [0.1, 0.15) is 31.2 Å². The van der Waals surface area contributed by atoms with Crippen LogP contribution in [-0.2, 0) is 38.8 Å². The Bertz CT molecular complexity index is 1930. The molecule has 16 nitrogen and oxygen atoms in total. The third kappa shape index (κ3) is 19.2. The molecular formula is C45H57N7O9. The van der Waals surface area contributed by atoms with E-state index in [1.54, 1.807) is 42.7 Å². The van der Waals surface area contributed by atoms with Crippen LogP contribution < -0.4 is 21.5 Å². The van der Waals surface area contributed by atoms with E-state index >= 15 is 0 Å². The van der Waals surface area contributed by atoms with E-state index in [0.717, 1.165) is 16.7 Å². The molecule has 0 aliphatic rings. The number of benzene rings is 3. The molecule has 0 unspecified atom stereocenters. The zero-order valence-corrected chi connectivity index (χ0v) is 35.1. The van der Waals surface area contributed by atoms with E-state index in [1.807, 2.05) is 91.0 Å². The second-order valence-corrected chi connectivity index (χ2v) is 14.9. The van der Waals surface area contributed by atoms with Crippen molar-refractivity contribution in [3.05, 3.63) is 132 Å². The van der Waals surface area contributed by atoms with E-state index in [0.29, 0.717) is 69.8 Å². The number of alkyl carbamates (subject to hydrolysis) is 1. The molecule has 5 amide bonds. The smallest absolute Gasteiger partial charge is 0.426 e. The fourth-order valence-electron chi connectivity index (χ4n) is 5.64. The standard InChI is InChI=1S/C45H57N7O9/c1-45(2,3)61-42(55)50-49-39-24-23-38(31-48-39)40(53)46-25-15-29-51(43(56)59-33-36-19-9-5-10-20-36)27-13-14-28-52(44(57)60-34-37-21-11-6-12-22-37)30-16-26-47-41(54)58-32-35-17-7-4-8-18-35/h4-12,17-24,31H,13-16,25-30,32-34H2,1-3H3,(H,46,53)(H,47,54)(H,48,49)(H,50,55). The van der Waals surface area contributed by atoms with Gasteiger partial charge in [-0.25, -0.2) is 29.6 Å². The molecule has 4 rings (SSSR count). The summed E-state index contributed by atoms with van der Waals surface area (Å²) in [7, 11) is 0. The van der Waals surface area contributed by atoms with Crippen LogP contribution in [0.2, 0.25) is 0 Å². The molecule has 1 aromatic heterocycles. The van der Waals surface area contributed by atoms with E-state index in [9.17, 15) is 24.0 Å². The van der Waals surface area contributed by atoms with Crippen LogP contribution in [0.5, 0.6) is 0 Å². The molecule has 1 heterocycles. The first-order valence-corrected chi connectivity index (χ1v) is 20.3. The molecule has 4 N–H and O–H groups in total. The minimum absolute atomic E-state index is 0.104. The maximum absolute atomic E-state index is 13.3. The molecule has 3 aromatic carbocycles.